The van der Waals surface area contributed by atoms with Crippen molar-refractivity contribution in [2.24, 2.45) is 0 Å². The third-order valence-corrected chi connectivity index (χ3v) is 4.57. The zero-order valence-electron chi connectivity index (χ0n) is 14.9. The summed E-state index contributed by atoms with van der Waals surface area (Å²) < 4.78 is 0. The van der Waals surface area contributed by atoms with Gasteiger partial charge in [0.05, 0.1) is 12.4 Å². The highest BCUT2D eigenvalue weighted by molar-refractivity contribution is 5.92. The van der Waals surface area contributed by atoms with Crippen molar-refractivity contribution < 1.29 is 4.79 Å². The second-order valence-electron chi connectivity index (χ2n) is 6.36. The van der Waals surface area contributed by atoms with E-state index < -0.39 is 0 Å². The Morgan fingerprint density at radius 2 is 1.80 bits per heavy atom. The number of hydrogen-bond acceptors (Lipinski definition) is 5. The molecule has 1 amide bonds. The molecule has 6 nitrogen and oxygen atoms in total. The van der Waals surface area contributed by atoms with Crippen molar-refractivity contribution in [1.29, 1.82) is 0 Å². The molecular weight excluding hydrogens is 314 g/mol. The molecule has 0 unspecified atom stereocenters. The van der Waals surface area contributed by atoms with Crippen LogP contribution >= 0.6 is 0 Å². The molecule has 132 valence electrons. The number of rotatable bonds is 5. The van der Waals surface area contributed by atoms with Crippen LogP contribution in [-0.2, 0) is 6.54 Å². The standard InChI is InChI=1S/C19H25N5O/c1-3-23(15-16-7-5-4-6-8-16)18-14-20-17(13-21-18)19(25)24-11-9-22(2)10-12-24/h4-8,13-14H,3,9-12,15H2,1-2H3. The highest BCUT2D eigenvalue weighted by atomic mass is 16.2. The van der Waals surface area contributed by atoms with E-state index in [9.17, 15) is 4.79 Å². The first-order chi connectivity index (χ1) is 12.2. The van der Waals surface area contributed by atoms with Crippen LogP contribution in [0.2, 0.25) is 0 Å². The Hall–Kier alpha value is -2.47. The van der Waals surface area contributed by atoms with Gasteiger partial charge < -0.3 is 14.7 Å². The maximum absolute atomic E-state index is 12.5. The van der Waals surface area contributed by atoms with Gasteiger partial charge in [0.1, 0.15) is 11.5 Å². The predicted octanol–water partition coefficient (Wildman–Crippen LogP) is 1.89. The molecule has 1 fully saturated rings. The van der Waals surface area contributed by atoms with Gasteiger partial charge in [-0.1, -0.05) is 30.3 Å². The van der Waals surface area contributed by atoms with E-state index in [2.05, 4.69) is 45.9 Å². The van der Waals surface area contributed by atoms with E-state index in [0.29, 0.717) is 5.69 Å². The first-order valence-electron chi connectivity index (χ1n) is 8.76. The van der Waals surface area contributed by atoms with Crippen molar-refractivity contribution >= 4 is 11.7 Å². The molecule has 2 heterocycles. The Morgan fingerprint density at radius 1 is 1.08 bits per heavy atom. The maximum Gasteiger partial charge on any atom is 0.274 e. The Bertz CT molecular complexity index is 681. The minimum Gasteiger partial charge on any atom is -0.351 e. The number of likely N-dealkylation sites (N-methyl/N-ethyl adjacent to an activating group) is 1. The number of amides is 1. The van der Waals surface area contributed by atoms with Crippen molar-refractivity contribution in [3.8, 4) is 0 Å². The molecule has 1 aliphatic heterocycles. The monoisotopic (exact) mass is 339 g/mol. The number of nitrogens with zero attached hydrogens (tertiary/aromatic N) is 5. The number of carbonyl (C=O) groups excluding carboxylic acids is 1. The Labute approximate surface area is 149 Å². The third-order valence-electron chi connectivity index (χ3n) is 4.57. The van der Waals surface area contributed by atoms with E-state index in [-0.39, 0.29) is 5.91 Å². The van der Waals surface area contributed by atoms with Gasteiger partial charge in [-0.15, -0.1) is 0 Å². The van der Waals surface area contributed by atoms with E-state index >= 15 is 0 Å². The molecular formula is C19H25N5O. The molecule has 1 aliphatic rings. The topological polar surface area (TPSA) is 52.6 Å². The lowest BCUT2D eigenvalue weighted by Gasteiger charge is -2.32. The summed E-state index contributed by atoms with van der Waals surface area (Å²) in [6, 6.07) is 10.3. The molecule has 2 aromatic rings. The van der Waals surface area contributed by atoms with Crippen LogP contribution in [0.3, 0.4) is 0 Å². The number of hydrogen-bond donors (Lipinski definition) is 0. The van der Waals surface area contributed by atoms with Gasteiger partial charge in [-0.05, 0) is 19.5 Å². The van der Waals surface area contributed by atoms with Gasteiger partial charge in [0.15, 0.2) is 0 Å². The summed E-state index contributed by atoms with van der Waals surface area (Å²) in [5.41, 5.74) is 1.65. The van der Waals surface area contributed by atoms with Gasteiger partial charge in [0.25, 0.3) is 5.91 Å². The Balaban J connectivity index is 1.67. The van der Waals surface area contributed by atoms with Crippen LogP contribution < -0.4 is 4.90 Å². The van der Waals surface area contributed by atoms with Gasteiger partial charge in [0, 0.05) is 39.3 Å². The summed E-state index contributed by atoms with van der Waals surface area (Å²) in [6.45, 7) is 6.98. The molecule has 1 aromatic heterocycles. The van der Waals surface area contributed by atoms with E-state index in [0.717, 1.165) is 45.1 Å². The van der Waals surface area contributed by atoms with Crippen molar-refractivity contribution in [3.05, 3.63) is 54.0 Å². The molecule has 0 radical (unpaired) electrons. The van der Waals surface area contributed by atoms with E-state index in [1.54, 1.807) is 12.4 Å². The first kappa shape index (κ1) is 17.4. The molecule has 0 bridgehead atoms. The molecule has 6 heteroatoms. The fourth-order valence-electron chi connectivity index (χ4n) is 2.93. The summed E-state index contributed by atoms with van der Waals surface area (Å²) in [4.78, 5) is 27.6. The molecule has 0 atom stereocenters. The van der Waals surface area contributed by atoms with Crippen LogP contribution in [0.5, 0.6) is 0 Å². The Morgan fingerprint density at radius 3 is 2.40 bits per heavy atom. The average Bonchev–Trinajstić information content (AvgIpc) is 2.67. The van der Waals surface area contributed by atoms with Gasteiger partial charge >= 0.3 is 0 Å². The lowest BCUT2D eigenvalue weighted by molar-refractivity contribution is 0.0658. The number of anilines is 1. The van der Waals surface area contributed by atoms with Crippen LogP contribution in [0.25, 0.3) is 0 Å². The van der Waals surface area contributed by atoms with Crippen LogP contribution in [0, 0.1) is 0 Å². The minimum atomic E-state index is -0.0294. The zero-order valence-corrected chi connectivity index (χ0v) is 14.9. The van der Waals surface area contributed by atoms with Crippen LogP contribution in [0.15, 0.2) is 42.7 Å². The fraction of sp³-hybridized carbons (Fsp3) is 0.421. The minimum absolute atomic E-state index is 0.0294. The van der Waals surface area contributed by atoms with E-state index in [4.69, 9.17) is 0 Å². The quantitative estimate of drug-likeness (QED) is 0.833. The molecule has 0 saturated carbocycles. The molecule has 1 aromatic carbocycles. The highest BCUT2D eigenvalue weighted by Gasteiger charge is 2.21. The van der Waals surface area contributed by atoms with Crippen LogP contribution in [0.4, 0.5) is 5.82 Å². The maximum atomic E-state index is 12.5. The number of benzene rings is 1. The van der Waals surface area contributed by atoms with Gasteiger partial charge in [-0.25, -0.2) is 9.97 Å². The lowest BCUT2D eigenvalue weighted by Crippen LogP contribution is -2.47. The molecule has 1 saturated heterocycles. The predicted molar refractivity (Wildman–Crippen MR) is 98.6 cm³/mol. The third kappa shape index (κ3) is 4.33. The molecule has 0 aliphatic carbocycles. The van der Waals surface area contributed by atoms with Crippen molar-refractivity contribution in [2.75, 3.05) is 44.7 Å². The van der Waals surface area contributed by atoms with Crippen molar-refractivity contribution in [3.63, 3.8) is 0 Å². The Kier molecular flexibility index (Phi) is 5.60. The molecule has 25 heavy (non-hydrogen) atoms. The van der Waals surface area contributed by atoms with Gasteiger partial charge in [-0.2, -0.15) is 0 Å². The molecule has 3 rings (SSSR count). The first-order valence-corrected chi connectivity index (χ1v) is 8.76. The largest absolute Gasteiger partial charge is 0.351 e. The average molecular weight is 339 g/mol. The van der Waals surface area contributed by atoms with Gasteiger partial charge in [0.2, 0.25) is 0 Å². The summed E-state index contributed by atoms with van der Waals surface area (Å²) >= 11 is 0. The fourth-order valence-corrected chi connectivity index (χ4v) is 2.93. The summed E-state index contributed by atoms with van der Waals surface area (Å²) in [6.07, 6.45) is 3.30. The second kappa shape index (κ2) is 8.07. The van der Waals surface area contributed by atoms with Gasteiger partial charge in [-0.3, -0.25) is 4.79 Å². The summed E-state index contributed by atoms with van der Waals surface area (Å²) in [5.74, 6) is 0.763. The zero-order chi connectivity index (χ0) is 17.6. The molecule has 0 spiro atoms. The van der Waals surface area contributed by atoms with E-state index in [1.165, 1.54) is 5.56 Å². The van der Waals surface area contributed by atoms with E-state index in [1.807, 2.05) is 23.1 Å². The van der Waals surface area contributed by atoms with Crippen molar-refractivity contribution in [1.82, 2.24) is 19.8 Å². The summed E-state index contributed by atoms with van der Waals surface area (Å²) in [7, 11) is 2.07. The second-order valence-corrected chi connectivity index (χ2v) is 6.36. The normalized spacial score (nSPS) is 15.2. The summed E-state index contributed by atoms with van der Waals surface area (Å²) in [5, 5.41) is 0. The lowest BCUT2D eigenvalue weighted by atomic mass is 10.2. The highest BCUT2D eigenvalue weighted by Crippen LogP contribution is 2.14. The number of aromatic nitrogens is 2. The number of carbonyl (C=O) groups is 1. The van der Waals surface area contributed by atoms with Crippen LogP contribution in [0.1, 0.15) is 23.0 Å². The smallest absolute Gasteiger partial charge is 0.274 e. The SMILES string of the molecule is CCN(Cc1ccccc1)c1cnc(C(=O)N2CCN(C)CC2)cn1. The van der Waals surface area contributed by atoms with Crippen LogP contribution in [-0.4, -0.2) is 65.4 Å². The van der Waals surface area contributed by atoms with Crippen molar-refractivity contribution in [2.45, 2.75) is 13.5 Å². The number of piperazine rings is 1. The molecule has 0 N–H and O–H groups in total.